The summed E-state index contributed by atoms with van der Waals surface area (Å²) in [7, 11) is 0. The molecule has 1 N–H and O–H groups in total. The van der Waals surface area contributed by atoms with Crippen molar-refractivity contribution in [3.8, 4) is 11.3 Å². The highest BCUT2D eigenvalue weighted by Crippen LogP contribution is 2.38. The van der Waals surface area contributed by atoms with Gasteiger partial charge >= 0.3 is 6.09 Å². The number of rotatable bonds is 3. The van der Waals surface area contributed by atoms with Crippen LogP contribution in [0.4, 0.5) is 18.0 Å². The zero-order chi connectivity index (χ0) is 19.0. The highest BCUT2D eigenvalue weighted by Gasteiger charge is 2.38. The Labute approximate surface area is 151 Å². The molecular weight excluding hydrogens is 359 g/mol. The van der Waals surface area contributed by atoms with Crippen LogP contribution in [0.2, 0.25) is 0 Å². The lowest BCUT2D eigenvalue weighted by Gasteiger charge is -2.18. The molecule has 1 fully saturated rings. The molecule has 1 amide bonds. The standard InChI is InChI=1S/C19H12F3N3O2/c20-12-3-1-10(2-4-12)18-17(25-19(26)27-18)14-6-16(24-9-15(14)22)11-5-13(21)8-23-7-11/h1-9,17-18H,(H,25,26)/t17-,18-/m1/s1. The quantitative estimate of drug-likeness (QED) is 0.753. The van der Waals surface area contributed by atoms with E-state index < -0.39 is 35.7 Å². The van der Waals surface area contributed by atoms with E-state index in [1.165, 1.54) is 42.6 Å². The van der Waals surface area contributed by atoms with E-state index in [1.54, 1.807) is 0 Å². The number of cyclic esters (lactones) is 1. The Hall–Kier alpha value is -3.42. The summed E-state index contributed by atoms with van der Waals surface area (Å²) in [5.41, 5.74) is 1.27. The summed E-state index contributed by atoms with van der Waals surface area (Å²) in [6.45, 7) is 0. The van der Waals surface area contributed by atoms with Crippen molar-refractivity contribution in [2.45, 2.75) is 12.1 Å². The number of carbonyl (C=O) groups is 1. The van der Waals surface area contributed by atoms with E-state index in [-0.39, 0.29) is 11.3 Å². The molecule has 1 aromatic carbocycles. The lowest BCUT2D eigenvalue weighted by molar-refractivity contribution is 0.131. The fraction of sp³-hybridized carbons (Fsp3) is 0.105. The molecule has 0 spiro atoms. The van der Waals surface area contributed by atoms with Crippen molar-refractivity contribution in [1.29, 1.82) is 0 Å². The summed E-state index contributed by atoms with van der Waals surface area (Å²) in [4.78, 5) is 19.5. The Morgan fingerprint density at radius 3 is 2.48 bits per heavy atom. The minimum Gasteiger partial charge on any atom is -0.439 e. The monoisotopic (exact) mass is 371 g/mol. The Kier molecular flexibility index (Phi) is 4.23. The average molecular weight is 371 g/mol. The van der Waals surface area contributed by atoms with Gasteiger partial charge in [0.25, 0.3) is 0 Å². The molecule has 2 atom stereocenters. The third-order valence-corrected chi connectivity index (χ3v) is 4.23. The number of halogens is 3. The molecular formula is C19H12F3N3O2. The summed E-state index contributed by atoms with van der Waals surface area (Å²) in [5.74, 6) is -1.66. The fourth-order valence-electron chi connectivity index (χ4n) is 2.98. The van der Waals surface area contributed by atoms with Crippen molar-refractivity contribution < 1.29 is 22.7 Å². The Balaban J connectivity index is 1.75. The van der Waals surface area contributed by atoms with Crippen molar-refractivity contribution in [1.82, 2.24) is 15.3 Å². The number of carbonyl (C=O) groups excluding carboxylic acids is 1. The minimum absolute atomic E-state index is 0.115. The summed E-state index contributed by atoms with van der Waals surface area (Å²) in [6, 6.07) is 7.15. The first kappa shape index (κ1) is 17.0. The van der Waals surface area contributed by atoms with Crippen LogP contribution in [0, 0.1) is 17.5 Å². The molecule has 0 aliphatic carbocycles. The number of alkyl carbamates (subject to hydrolysis) is 1. The predicted molar refractivity (Wildman–Crippen MR) is 88.9 cm³/mol. The number of hydrogen-bond acceptors (Lipinski definition) is 4. The van der Waals surface area contributed by atoms with Crippen LogP contribution in [0.1, 0.15) is 23.3 Å². The van der Waals surface area contributed by atoms with Crippen LogP contribution < -0.4 is 5.32 Å². The van der Waals surface area contributed by atoms with Crippen LogP contribution in [-0.4, -0.2) is 16.1 Å². The van der Waals surface area contributed by atoms with E-state index in [4.69, 9.17) is 4.74 Å². The second-order valence-electron chi connectivity index (χ2n) is 5.98. The van der Waals surface area contributed by atoms with E-state index in [1.807, 2.05) is 0 Å². The maximum atomic E-state index is 14.5. The topological polar surface area (TPSA) is 64.1 Å². The first-order chi connectivity index (χ1) is 13.0. The van der Waals surface area contributed by atoms with Gasteiger partial charge in [0.1, 0.15) is 23.5 Å². The average Bonchev–Trinajstić information content (AvgIpc) is 3.04. The van der Waals surface area contributed by atoms with Gasteiger partial charge < -0.3 is 10.1 Å². The molecule has 3 aromatic rings. The largest absolute Gasteiger partial charge is 0.439 e. The van der Waals surface area contributed by atoms with Crippen LogP contribution in [-0.2, 0) is 4.74 Å². The van der Waals surface area contributed by atoms with Gasteiger partial charge in [-0.25, -0.2) is 18.0 Å². The number of pyridine rings is 2. The Morgan fingerprint density at radius 1 is 0.963 bits per heavy atom. The van der Waals surface area contributed by atoms with E-state index in [0.717, 1.165) is 12.4 Å². The zero-order valence-corrected chi connectivity index (χ0v) is 13.7. The van der Waals surface area contributed by atoms with Gasteiger partial charge in [0, 0.05) is 17.3 Å². The summed E-state index contributed by atoms with van der Waals surface area (Å²) >= 11 is 0. The number of nitrogens with one attached hydrogen (secondary N) is 1. The molecule has 5 nitrogen and oxygen atoms in total. The second kappa shape index (κ2) is 6.71. The fourth-order valence-corrected chi connectivity index (χ4v) is 2.98. The molecule has 27 heavy (non-hydrogen) atoms. The highest BCUT2D eigenvalue weighted by molar-refractivity contribution is 5.71. The molecule has 0 unspecified atom stereocenters. The van der Waals surface area contributed by atoms with E-state index in [2.05, 4.69) is 15.3 Å². The Bertz CT molecular complexity index is 1010. The Morgan fingerprint density at radius 2 is 1.74 bits per heavy atom. The summed E-state index contributed by atoms with van der Waals surface area (Å²) < 4.78 is 46.3. The van der Waals surface area contributed by atoms with Crippen molar-refractivity contribution in [3.05, 3.63) is 83.6 Å². The molecule has 1 aliphatic heterocycles. The number of amides is 1. The van der Waals surface area contributed by atoms with Gasteiger partial charge in [-0.15, -0.1) is 0 Å². The zero-order valence-electron chi connectivity index (χ0n) is 13.7. The van der Waals surface area contributed by atoms with E-state index in [0.29, 0.717) is 11.1 Å². The first-order valence-corrected chi connectivity index (χ1v) is 8.00. The van der Waals surface area contributed by atoms with Crippen LogP contribution in [0.15, 0.2) is 55.0 Å². The molecule has 136 valence electrons. The van der Waals surface area contributed by atoms with Gasteiger partial charge in [0.15, 0.2) is 6.10 Å². The lowest BCUT2D eigenvalue weighted by atomic mass is 9.95. The lowest BCUT2D eigenvalue weighted by Crippen LogP contribution is -2.21. The number of aromatic nitrogens is 2. The van der Waals surface area contributed by atoms with Crippen molar-refractivity contribution >= 4 is 6.09 Å². The molecule has 8 heteroatoms. The molecule has 0 radical (unpaired) electrons. The highest BCUT2D eigenvalue weighted by atomic mass is 19.1. The molecule has 1 saturated heterocycles. The van der Waals surface area contributed by atoms with Gasteiger partial charge in [-0.1, -0.05) is 12.1 Å². The second-order valence-corrected chi connectivity index (χ2v) is 5.98. The van der Waals surface area contributed by atoms with Crippen molar-refractivity contribution in [3.63, 3.8) is 0 Å². The van der Waals surface area contributed by atoms with Crippen molar-refractivity contribution in [2.75, 3.05) is 0 Å². The van der Waals surface area contributed by atoms with Crippen molar-refractivity contribution in [2.24, 2.45) is 0 Å². The first-order valence-electron chi connectivity index (χ1n) is 8.00. The van der Waals surface area contributed by atoms with Gasteiger partial charge in [0.05, 0.1) is 18.1 Å². The molecule has 0 bridgehead atoms. The van der Waals surface area contributed by atoms with Gasteiger partial charge in [-0.3, -0.25) is 9.97 Å². The third-order valence-electron chi connectivity index (χ3n) is 4.23. The number of nitrogens with zero attached hydrogens (tertiary/aromatic N) is 2. The summed E-state index contributed by atoms with van der Waals surface area (Å²) in [5, 5.41) is 2.55. The molecule has 0 saturated carbocycles. The normalized spacial score (nSPS) is 18.9. The summed E-state index contributed by atoms with van der Waals surface area (Å²) in [6.07, 6.45) is 1.85. The smallest absolute Gasteiger partial charge is 0.408 e. The van der Waals surface area contributed by atoms with Gasteiger partial charge in [-0.05, 0) is 29.8 Å². The van der Waals surface area contributed by atoms with E-state index >= 15 is 0 Å². The maximum Gasteiger partial charge on any atom is 0.408 e. The van der Waals surface area contributed by atoms with Gasteiger partial charge in [-0.2, -0.15) is 0 Å². The van der Waals surface area contributed by atoms with Crippen LogP contribution in [0.25, 0.3) is 11.3 Å². The third kappa shape index (κ3) is 3.33. The van der Waals surface area contributed by atoms with E-state index in [9.17, 15) is 18.0 Å². The minimum atomic E-state index is -0.855. The SMILES string of the molecule is O=C1N[C@H](c2cc(-c3cncc(F)c3)ncc2F)[C@@H](c2ccc(F)cc2)O1. The van der Waals surface area contributed by atoms with Crippen LogP contribution in [0.3, 0.4) is 0 Å². The number of hydrogen-bond donors (Lipinski definition) is 1. The van der Waals surface area contributed by atoms with Crippen LogP contribution in [0.5, 0.6) is 0 Å². The number of benzene rings is 1. The molecule has 2 aromatic heterocycles. The predicted octanol–water partition coefficient (Wildman–Crippen LogP) is 4.08. The molecule has 3 heterocycles. The molecule has 4 rings (SSSR count). The maximum absolute atomic E-state index is 14.5. The van der Waals surface area contributed by atoms with Gasteiger partial charge in [0.2, 0.25) is 0 Å². The van der Waals surface area contributed by atoms with Crippen LogP contribution >= 0.6 is 0 Å². The molecule has 1 aliphatic rings. The number of ether oxygens (including phenoxy) is 1.